The van der Waals surface area contributed by atoms with Crippen LogP contribution in [0, 0.1) is 0 Å². The normalized spacial score (nSPS) is 18.2. The summed E-state index contributed by atoms with van der Waals surface area (Å²) in [5.74, 6) is 0.0763. The van der Waals surface area contributed by atoms with E-state index in [1.165, 1.54) is 23.8 Å². The Labute approximate surface area is 155 Å². The number of para-hydroxylation sites is 1. The van der Waals surface area contributed by atoms with Gasteiger partial charge in [0.15, 0.2) is 5.17 Å². The van der Waals surface area contributed by atoms with E-state index in [1.54, 1.807) is 31.4 Å². The van der Waals surface area contributed by atoms with E-state index in [0.29, 0.717) is 16.6 Å². The molecule has 0 saturated carbocycles. The number of amidine groups is 1. The second kappa shape index (κ2) is 8.05. The van der Waals surface area contributed by atoms with Crippen molar-refractivity contribution in [3.63, 3.8) is 0 Å². The Kier molecular flexibility index (Phi) is 5.58. The van der Waals surface area contributed by atoms with E-state index < -0.39 is 11.2 Å². The van der Waals surface area contributed by atoms with Gasteiger partial charge in [-0.1, -0.05) is 30.0 Å². The van der Waals surface area contributed by atoms with Crippen molar-refractivity contribution in [2.24, 2.45) is 4.99 Å². The predicted molar refractivity (Wildman–Crippen MR) is 102 cm³/mol. The highest BCUT2D eigenvalue weighted by Gasteiger charge is 2.40. The van der Waals surface area contributed by atoms with E-state index >= 15 is 0 Å². The van der Waals surface area contributed by atoms with Crippen LogP contribution in [-0.2, 0) is 14.3 Å². The van der Waals surface area contributed by atoms with E-state index in [0.717, 1.165) is 5.69 Å². The second-order valence-corrected chi connectivity index (χ2v) is 6.66. The molecule has 2 aromatic carbocycles. The number of ether oxygens (including phenoxy) is 2. The van der Waals surface area contributed by atoms with Crippen molar-refractivity contribution in [2.75, 3.05) is 19.1 Å². The van der Waals surface area contributed by atoms with Crippen molar-refractivity contribution in [1.82, 2.24) is 0 Å². The molecule has 1 fully saturated rings. The van der Waals surface area contributed by atoms with Gasteiger partial charge in [0.2, 0.25) is 5.91 Å². The average molecular weight is 370 g/mol. The van der Waals surface area contributed by atoms with Gasteiger partial charge in [-0.25, -0.2) is 4.99 Å². The van der Waals surface area contributed by atoms with E-state index in [4.69, 9.17) is 9.47 Å². The summed E-state index contributed by atoms with van der Waals surface area (Å²) in [6.07, 6.45) is 0.000461. The van der Waals surface area contributed by atoms with Crippen LogP contribution in [0.25, 0.3) is 0 Å². The highest BCUT2D eigenvalue weighted by molar-refractivity contribution is 8.16. The standard InChI is InChI=1S/C19H18N2O4S/c1-24-15-10-8-14(9-11-15)21-18(23)16(12-17(22)25-2)26-19(21)20-13-6-4-3-5-7-13/h3-11,16H,12H2,1-2H3/t16-/m1/s1. The van der Waals surface area contributed by atoms with Crippen LogP contribution in [0.4, 0.5) is 11.4 Å². The first-order valence-electron chi connectivity index (χ1n) is 7.97. The molecule has 1 amide bonds. The molecule has 2 aromatic rings. The number of aliphatic imine (C=N–C) groups is 1. The first-order valence-corrected chi connectivity index (χ1v) is 8.85. The SMILES string of the molecule is COC(=O)C[C@H]1SC(=Nc2ccccc2)N(c2ccc(OC)cc2)C1=O. The molecule has 1 aliphatic rings. The van der Waals surface area contributed by atoms with Crippen LogP contribution < -0.4 is 9.64 Å². The zero-order chi connectivity index (χ0) is 18.5. The Morgan fingerprint density at radius 1 is 1.12 bits per heavy atom. The molecule has 0 aromatic heterocycles. The third kappa shape index (κ3) is 3.88. The minimum absolute atomic E-state index is 0.000461. The smallest absolute Gasteiger partial charge is 0.307 e. The van der Waals surface area contributed by atoms with Gasteiger partial charge in [0.1, 0.15) is 11.0 Å². The monoisotopic (exact) mass is 370 g/mol. The number of nitrogens with zero attached hydrogens (tertiary/aromatic N) is 2. The van der Waals surface area contributed by atoms with Gasteiger partial charge in [-0.2, -0.15) is 0 Å². The second-order valence-electron chi connectivity index (χ2n) is 5.49. The van der Waals surface area contributed by atoms with Crippen LogP contribution in [0.15, 0.2) is 59.6 Å². The Hall–Kier alpha value is -2.80. The van der Waals surface area contributed by atoms with E-state index in [1.807, 2.05) is 30.3 Å². The summed E-state index contributed by atoms with van der Waals surface area (Å²) < 4.78 is 9.88. The van der Waals surface area contributed by atoms with Crippen molar-refractivity contribution in [2.45, 2.75) is 11.7 Å². The summed E-state index contributed by atoms with van der Waals surface area (Å²) in [6.45, 7) is 0. The van der Waals surface area contributed by atoms with Crippen molar-refractivity contribution in [3.05, 3.63) is 54.6 Å². The fourth-order valence-corrected chi connectivity index (χ4v) is 3.63. The Balaban J connectivity index is 1.96. The highest BCUT2D eigenvalue weighted by atomic mass is 32.2. The van der Waals surface area contributed by atoms with Gasteiger partial charge in [0, 0.05) is 0 Å². The number of methoxy groups -OCH3 is 2. The topological polar surface area (TPSA) is 68.2 Å². The Morgan fingerprint density at radius 3 is 2.42 bits per heavy atom. The fraction of sp³-hybridized carbons (Fsp3) is 0.211. The third-order valence-electron chi connectivity index (χ3n) is 3.83. The lowest BCUT2D eigenvalue weighted by Gasteiger charge is -2.17. The molecule has 6 nitrogen and oxygen atoms in total. The van der Waals surface area contributed by atoms with Crippen LogP contribution in [-0.4, -0.2) is 36.5 Å². The van der Waals surface area contributed by atoms with Crippen LogP contribution in [0.3, 0.4) is 0 Å². The summed E-state index contributed by atoms with van der Waals surface area (Å²) >= 11 is 1.26. The van der Waals surface area contributed by atoms with Crippen molar-refractivity contribution in [1.29, 1.82) is 0 Å². The summed E-state index contributed by atoms with van der Waals surface area (Å²) in [7, 11) is 2.90. The highest BCUT2D eigenvalue weighted by Crippen LogP contribution is 2.35. The molecule has 3 rings (SSSR count). The predicted octanol–water partition coefficient (Wildman–Crippen LogP) is 3.39. The van der Waals surface area contributed by atoms with Gasteiger partial charge in [-0.05, 0) is 36.4 Å². The number of esters is 1. The molecule has 26 heavy (non-hydrogen) atoms. The lowest BCUT2D eigenvalue weighted by Crippen LogP contribution is -2.32. The summed E-state index contributed by atoms with van der Waals surface area (Å²) in [5, 5.41) is -0.0349. The number of hydrogen-bond donors (Lipinski definition) is 0. The van der Waals surface area contributed by atoms with Crippen molar-refractivity contribution >= 4 is 40.2 Å². The van der Waals surface area contributed by atoms with Crippen LogP contribution in [0.1, 0.15) is 6.42 Å². The zero-order valence-corrected chi connectivity index (χ0v) is 15.2. The molecule has 0 radical (unpaired) electrons. The maximum Gasteiger partial charge on any atom is 0.307 e. The van der Waals surface area contributed by atoms with E-state index in [9.17, 15) is 9.59 Å². The minimum Gasteiger partial charge on any atom is -0.497 e. The van der Waals surface area contributed by atoms with Gasteiger partial charge >= 0.3 is 5.97 Å². The molecule has 0 aliphatic carbocycles. The maximum absolute atomic E-state index is 12.9. The number of anilines is 1. The molecule has 0 spiro atoms. The molecule has 7 heteroatoms. The summed E-state index contributed by atoms with van der Waals surface area (Å²) in [6, 6.07) is 16.5. The molecule has 1 saturated heterocycles. The third-order valence-corrected chi connectivity index (χ3v) is 4.96. The number of thioether (sulfide) groups is 1. The van der Waals surface area contributed by atoms with E-state index in [2.05, 4.69) is 4.99 Å². The minimum atomic E-state index is -0.563. The fourth-order valence-electron chi connectivity index (χ4n) is 2.49. The zero-order valence-electron chi connectivity index (χ0n) is 14.4. The van der Waals surface area contributed by atoms with Crippen LogP contribution in [0.5, 0.6) is 5.75 Å². The molecule has 0 unspecified atom stereocenters. The molecule has 134 valence electrons. The van der Waals surface area contributed by atoms with Gasteiger partial charge in [-0.15, -0.1) is 0 Å². The molecule has 0 bridgehead atoms. The number of amides is 1. The summed E-state index contributed by atoms with van der Waals surface area (Å²) in [5.41, 5.74) is 1.41. The van der Waals surface area contributed by atoms with Crippen molar-refractivity contribution in [3.8, 4) is 5.75 Å². The quantitative estimate of drug-likeness (QED) is 0.755. The van der Waals surface area contributed by atoms with Crippen LogP contribution in [0.2, 0.25) is 0 Å². The number of hydrogen-bond acceptors (Lipinski definition) is 6. The first-order chi connectivity index (χ1) is 12.6. The molecule has 0 N–H and O–H groups in total. The molecule has 1 aliphatic heterocycles. The maximum atomic E-state index is 12.9. The van der Waals surface area contributed by atoms with Gasteiger partial charge in [0.25, 0.3) is 0 Å². The molecule has 1 heterocycles. The van der Waals surface area contributed by atoms with Gasteiger partial charge in [0.05, 0.1) is 32.0 Å². The Morgan fingerprint density at radius 2 is 1.81 bits per heavy atom. The van der Waals surface area contributed by atoms with Gasteiger partial charge < -0.3 is 9.47 Å². The number of benzene rings is 2. The lowest BCUT2D eigenvalue weighted by atomic mass is 10.2. The number of carbonyl (C=O) groups is 2. The molecular formula is C19H18N2O4S. The number of rotatable bonds is 5. The first kappa shape index (κ1) is 18.0. The van der Waals surface area contributed by atoms with Crippen molar-refractivity contribution < 1.29 is 19.1 Å². The number of carbonyl (C=O) groups excluding carboxylic acids is 2. The summed E-state index contributed by atoms with van der Waals surface area (Å²) in [4.78, 5) is 30.7. The average Bonchev–Trinajstić information content (AvgIpc) is 2.97. The lowest BCUT2D eigenvalue weighted by molar-refractivity contribution is -0.141. The molecular weight excluding hydrogens is 352 g/mol. The van der Waals surface area contributed by atoms with E-state index in [-0.39, 0.29) is 12.3 Å². The largest absolute Gasteiger partial charge is 0.497 e. The Bertz CT molecular complexity index is 821. The van der Waals surface area contributed by atoms with Crippen LogP contribution >= 0.6 is 11.8 Å². The van der Waals surface area contributed by atoms with Gasteiger partial charge in [-0.3, -0.25) is 14.5 Å². The molecule has 1 atom stereocenters.